The van der Waals surface area contributed by atoms with Crippen molar-refractivity contribution in [2.45, 2.75) is 270 Å². The van der Waals surface area contributed by atoms with Gasteiger partial charge in [-0.05, 0) is 194 Å². The molecule has 6 atom stereocenters. The molecule has 89 heavy (non-hydrogen) atoms. The van der Waals surface area contributed by atoms with Crippen molar-refractivity contribution in [1.82, 2.24) is 0 Å². The van der Waals surface area contributed by atoms with Crippen molar-refractivity contribution in [1.29, 1.82) is 0 Å². The summed E-state index contributed by atoms with van der Waals surface area (Å²) in [4.78, 5) is 0. The van der Waals surface area contributed by atoms with E-state index in [1.165, 1.54) is 86.0 Å². The molecule has 0 radical (unpaired) electrons. The Balaban J connectivity index is -0.0000000538. The van der Waals surface area contributed by atoms with Gasteiger partial charge >= 0.3 is 66.7 Å². The number of rotatable bonds is 26. The third kappa shape index (κ3) is 189. The van der Waals surface area contributed by atoms with Gasteiger partial charge in [-0.3, -0.25) is 0 Å². The molecular formula is C56H134Cl12MgNa2O5S4Si9. The van der Waals surface area contributed by atoms with Gasteiger partial charge in [-0.15, -0.1) is 94.1 Å². The zero-order valence-corrected chi connectivity index (χ0v) is 89.2. The van der Waals surface area contributed by atoms with Crippen LogP contribution in [-0.4, -0.2) is 196 Å². The van der Waals surface area contributed by atoms with Gasteiger partial charge in [-0.1, -0.05) is 78.4 Å². The maximum atomic E-state index is 7.57. The van der Waals surface area contributed by atoms with Crippen LogP contribution in [0.4, 0.5) is 0 Å². The standard InChI is InChI=1S/C15H36O2Si2.2C7H17ClOSi.2C5H12Cl2Si.2C5H11ClSi.C3H5.C2H6Cl2Si.C2H6O.2ClH.Mg.2Na.S4/c1-9-16-18(5,6)12-14(3)11-15(4)13-19(7,8)17-10-2;2*1-5-9-10(3,4)6-7(2)8;2*1-5(6)4-8(2,3)7;2*1-4-5-7(2,3)6;1-3-2;1-5(2,3)4;1-2-3;;;;;;1-3-4-2/h14-15H,9-13H2,1-8H3;2*7H,5-6H2,1-4H3;2*5H,4H2,1-3H3;2*4H,1,5H2,2-3H3;3H,1-2H2;1-2H3;3H,2H2,1H3;2*1H;;;;/q;;;;;;;-1;;;;;+2;;;/p-1. The van der Waals surface area contributed by atoms with Gasteiger partial charge in [0, 0.05) is 94.7 Å². The van der Waals surface area contributed by atoms with E-state index < -0.39 is 69.5 Å². The molecule has 0 spiro atoms. The van der Waals surface area contributed by atoms with Crippen molar-refractivity contribution in [3.63, 3.8) is 0 Å². The van der Waals surface area contributed by atoms with E-state index in [0.717, 1.165) is 74.5 Å². The SMILES string of the molecule is C=CC[Si](C)(C)Cl.C=CC[Si](C)(C)Cl.C=C[CH2-].CC(Cl)C[Si](C)(C)Cl.CC(Cl)C[Si](C)(C)Cl.CCO.CCO[Si](C)(C)CC(C)CC(C)C[Si](C)(C)OCC.CCO[Si](C)(C)CC(C)Cl.CCO[Si](C)(C)CC(C)Cl.C[Si](C)(Cl)Cl.Cl.S=S=S=S.[Cl-].[Mg+2].[Na][Na]. The average molecular weight is 1760 g/mol. The van der Waals surface area contributed by atoms with Gasteiger partial charge in [0.05, 0.1) is 0 Å². The molecule has 0 fully saturated rings. The first-order valence-electron chi connectivity index (χ1n) is 30.3. The summed E-state index contributed by atoms with van der Waals surface area (Å²) < 4.78 is 23.1. The second kappa shape index (κ2) is 81.6. The van der Waals surface area contributed by atoms with E-state index in [0.29, 0.717) is 0 Å². The van der Waals surface area contributed by atoms with Gasteiger partial charge in [0.25, 0.3) is 0 Å². The molecule has 0 aromatic carbocycles. The van der Waals surface area contributed by atoms with Crippen LogP contribution in [0.5, 0.6) is 0 Å². The van der Waals surface area contributed by atoms with E-state index in [1.54, 1.807) is 6.92 Å². The second-order valence-corrected chi connectivity index (χ2v) is 85.4. The van der Waals surface area contributed by atoms with Gasteiger partial charge in [-0.25, -0.2) is 19.6 Å². The Kier molecular flexibility index (Phi) is 122. The van der Waals surface area contributed by atoms with Crippen molar-refractivity contribution >= 4 is 302 Å². The molecule has 0 heterocycles. The van der Waals surface area contributed by atoms with Crippen LogP contribution in [0.3, 0.4) is 0 Å². The van der Waals surface area contributed by atoms with Crippen LogP contribution in [0.2, 0.25) is 166 Å². The number of halogens is 12. The van der Waals surface area contributed by atoms with Crippen LogP contribution in [-0.2, 0) is 57.8 Å². The van der Waals surface area contributed by atoms with Gasteiger partial charge < -0.3 is 35.2 Å². The Morgan fingerprint density at radius 1 is 0.449 bits per heavy atom. The maximum absolute atomic E-state index is 7.57. The number of hydrogen-bond acceptors (Lipinski definition) is 7. The summed E-state index contributed by atoms with van der Waals surface area (Å²) in [6.07, 6.45) is 6.59. The van der Waals surface area contributed by atoms with Gasteiger partial charge in [0.15, 0.2) is 62.8 Å². The van der Waals surface area contributed by atoms with Crippen molar-refractivity contribution in [2.24, 2.45) is 11.8 Å². The molecule has 0 saturated carbocycles. The zero-order valence-electron chi connectivity index (χ0n) is 62.4. The van der Waals surface area contributed by atoms with Gasteiger partial charge in [-0.2, -0.15) is 44.3 Å². The van der Waals surface area contributed by atoms with Gasteiger partial charge in [0.1, 0.15) is 0 Å². The molecule has 5 nitrogen and oxygen atoms in total. The molecule has 0 amide bonds. The fraction of sp³-hybridized carbons (Fsp3) is 0.875. The fourth-order valence-corrected chi connectivity index (χ4v) is 28.8. The number of allylic oxidation sites excluding steroid dienone is 3. The molecule has 33 heteroatoms. The molecule has 0 aromatic rings. The molecule has 0 bridgehead atoms. The van der Waals surface area contributed by atoms with Gasteiger partial charge in [0.2, 0.25) is 6.69 Å². The quantitative estimate of drug-likeness (QED) is 0.0304. The van der Waals surface area contributed by atoms with E-state index in [9.17, 15) is 0 Å². The van der Waals surface area contributed by atoms with E-state index in [4.69, 9.17) is 136 Å². The zero-order chi connectivity index (χ0) is 72.2. The molecule has 0 aliphatic heterocycles. The number of aliphatic hydroxyl groups is 1. The summed E-state index contributed by atoms with van der Waals surface area (Å²) >= 11 is 69.3. The minimum absolute atomic E-state index is 0. The normalized spacial score (nSPS) is 12.9. The topological polar surface area (TPSA) is 57.2 Å². The Hall–Kier alpha value is 7.97. The Labute approximate surface area is 686 Å². The summed E-state index contributed by atoms with van der Waals surface area (Å²) in [6, 6.07) is 8.66. The number of aliphatic hydroxyl groups excluding tert-OH is 1. The van der Waals surface area contributed by atoms with Crippen LogP contribution >= 0.6 is 125 Å². The van der Waals surface area contributed by atoms with Crippen molar-refractivity contribution in [2.75, 3.05) is 33.0 Å². The predicted molar refractivity (Wildman–Crippen MR) is 464 cm³/mol. The van der Waals surface area contributed by atoms with E-state index in [-0.39, 0.29) is 76.0 Å². The molecule has 1 N–H and O–H groups in total. The number of alkyl halides is 4. The number of hydrogen-bond donors (Lipinski definition) is 1. The molecule has 0 rings (SSSR count). The first kappa shape index (κ1) is 133. The van der Waals surface area contributed by atoms with Crippen molar-refractivity contribution < 1.29 is 35.2 Å². The fourth-order valence-electron chi connectivity index (χ4n) is 7.71. The molecule has 6 unspecified atom stereocenters. The van der Waals surface area contributed by atoms with Crippen LogP contribution in [0.25, 0.3) is 0 Å². The van der Waals surface area contributed by atoms with Crippen LogP contribution in [0.1, 0.15) is 82.6 Å². The molecular weight excluding hydrogens is 1630 g/mol. The predicted octanol–water partition coefficient (Wildman–Crippen LogP) is 21.6. The summed E-state index contributed by atoms with van der Waals surface area (Å²) in [5, 5.41) is 8.57. The molecule has 536 valence electrons. The summed E-state index contributed by atoms with van der Waals surface area (Å²) in [5.74, 6) is 1.55. The summed E-state index contributed by atoms with van der Waals surface area (Å²) in [5.41, 5.74) is 0. The Bertz CT molecular complexity index is 1450. The second-order valence-electron chi connectivity index (χ2n) is 25.5. The molecule has 0 aromatic heterocycles. The van der Waals surface area contributed by atoms with E-state index >= 15 is 0 Å². The molecule has 0 aliphatic rings. The minimum atomic E-state index is -1.67. The van der Waals surface area contributed by atoms with Crippen molar-refractivity contribution in [3.8, 4) is 0 Å². The van der Waals surface area contributed by atoms with Crippen molar-refractivity contribution in [3.05, 3.63) is 44.9 Å². The first-order chi connectivity index (χ1) is 38.3. The van der Waals surface area contributed by atoms with Crippen LogP contribution in [0, 0.1) is 18.8 Å². The van der Waals surface area contributed by atoms with Crippen LogP contribution < -0.4 is 12.4 Å². The summed E-state index contributed by atoms with van der Waals surface area (Å²) in [6.45, 7) is 77.2. The van der Waals surface area contributed by atoms with Crippen LogP contribution in [0.15, 0.2) is 38.0 Å². The Morgan fingerprint density at radius 3 is 0.685 bits per heavy atom. The third-order valence-electron chi connectivity index (χ3n) is 8.99. The molecule has 0 saturated heterocycles. The van der Waals surface area contributed by atoms with E-state index in [1.807, 2.05) is 66.8 Å². The summed E-state index contributed by atoms with van der Waals surface area (Å²) in [7, 11) is -8.67. The van der Waals surface area contributed by atoms with E-state index in [2.05, 4.69) is 181 Å². The first-order valence-corrected chi connectivity index (χ1v) is 78.4. The average Bonchev–Trinajstić information content (AvgIpc) is 3.21. The monoisotopic (exact) mass is 1760 g/mol. The molecule has 0 aliphatic carbocycles. The Morgan fingerprint density at radius 2 is 0.607 bits per heavy atom. The third-order valence-corrected chi connectivity index (χ3v) is 31.2.